The summed E-state index contributed by atoms with van der Waals surface area (Å²) in [5.74, 6) is 0. The van der Waals surface area contributed by atoms with E-state index in [0.29, 0.717) is 0 Å². The van der Waals surface area contributed by atoms with Gasteiger partial charge in [-0.3, -0.25) is 0 Å². The van der Waals surface area contributed by atoms with Crippen molar-refractivity contribution in [3.8, 4) is 0 Å². The van der Waals surface area contributed by atoms with Crippen LogP contribution in [0.2, 0.25) is 0 Å². The van der Waals surface area contributed by atoms with Gasteiger partial charge in [0, 0.05) is 6.54 Å². The van der Waals surface area contributed by atoms with E-state index in [1.807, 2.05) is 6.07 Å². The molecule has 0 radical (unpaired) electrons. The summed E-state index contributed by atoms with van der Waals surface area (Å²) in [6, 6.07) is 10.4. The van der Waals surface area contributed by atoms with Gasteiger partial charge in [-0.2, -0.15) is 0 Å². The van der Waals surface area contributed by atoms with Crippen LogP contribution < -0.4 is 11.5 Å². The van der Waals surface area contributed by atoms with Crippen LogP contribution in [0.1, 0.15) is 38.2 Å². The fraction of sp³-hybridized carbons (Fsp3) is 0.467. The van der Waals surface area contributed by atoms with Gasteiger partial charge in [-0.1, -0.05) is 68.7 Å². The molecule has 0 spiro atoms. The number of benzene rings is 1. The molecule has 0 amide bonds. The van der Waals surface area contributed by atoms with Gasteiger partial charge in [0.15, 0.2) is 0 Å². The van der Waals surface area contributed by atoms with Crippen molar-refractivity contribution < 1.29 is 0 Å². The van der Waals surface area contributed by atoms with Crippen molar-refractivity contribution in [2.24, 2.45) is 0 Å². The normalized spacial score (nSPS) is 10.4. The maximum Gasteiger partial charge on any atom is 0.0138 e. The topological polar surface area (TPSA) is 47.0 Å². The third-order valence-corrected chi connectivity index (χ3v) is 2.58. The molecule has 0 saturated heterocycles. The Labute approximate surface area is 106 Å². The first-order valence-corrected chi connectivity index (χ1v) is 6.36. The molecule has 4 N–H and O–H groups in total. The van der Waals surface area contributed by atoms with Crippen LogP contribution >= 0.6 is 0 Å². The molecule has 0 bridgehead atoms. The first kappa shape index (κ1) is 15.9. The molecule has 0 heterocycles. The van der Waals surface area contributed by atoms with Gasteiger partial charge >= 0.3 is 0 Å². The molecule has 0 aliphatic heterocycles. The lowest BCUT2D eigenvalue weighted by Gasteiger charge is -2.00. The molecule has 0 saturated carbocycles. The van der Waals surface area contributed by atoms with Gasteiger partial charge in [-0.15, -0.1) is 0 Å². The average molecular weight is 234 g/mol. The molecule has 0 aliphatic rings. The molecule has 1 aromatic rings. The molecular formula is C15H26N2. The van der Waals surface area contributed by atoms with Gasteiger partial charge in [0.05, 0.1) is 0 Å². The first-order chi connectivity index (χ1) is 7.93. The van der Waals surface area contributed by atoms with Crippen molar-refractivity contribution in [3.63, 3.8) is 0 Å². The fourth-order valence-electron chi connectivity index (χ4n) is 1.62. The zero-order valence-corrected chi connectivity index (χ0v) is 11.0. The number of unbranched alkanes of at least 4 members (excludes halogenated alkanes) is 3. The van der Waals surface area contributed by atoms with E-state index in [1.54, 1.807) is 0 Å². The van der Waals surface area contributed by atoms with E-state index < -0.39 is 0 Å². The Kier molecular flexibility index (Phi) is 10.6. The highest BCUT2D eigenvalue weighted by Gasteiger charge is 1.86. The van der Waals surface area contributed by atoms with Gasteiger partial charge in [0.25, 0.3) is 0 Å². The van der Waals surface area contributed by atoms with Gasteiger partial charge in [-0.05, 0) is 18.5 Å². The summed E-state index contributed by atoms with van der Waals surface area (Å²) in [5.41, 5.74) is 1.27. The Morgan fingerprint density at radius 3 is 2.53 bits per heavy atom. The minimum Gasteiger partial charge on any atom is -0.344 e. The Balaban J connectivity index is 0.00000256. The highest BCUT2D eigenvalue weighted by atomic mass is 14.8. The number of hydrogen-bond donors (Lipinski definition) is 2. The molecule has 0 atom stereocenters. The highest BCUT2D eigenvalue weighted by molar-refractivity contribution is 5.48. The van der Waals surface area contributed by atoms with E-state index in [9.17, 15) is 0 Å². The Morgan fingerprint density at radius 1 is 1.06 bits per heavy atom. The van der Waals surface area contributed by atoms with E-state index in [1.165, 1.54) is 31.2 Å². The highest BCUT2D eigenvalue weighted by Crippen LogP contribution is 2.00. The zero-order valence-electron chi connectivity index (χ0n) is 11.0. The van der Waals surface area contributed by atoms with Crippen LogP contribution in [0.25, 0.3) is 6.08 Å². The minimum atomic E-state index is 0. The smallest absolute Gasteiger partial charge is 0.0138 e. The maximum atomic E-state index is 3.43. The lowest BCUT2D eigenvalue weighted by molar-refractivity contribution is 0.621. The van der Waals surface area contributed by atoms with Crippen molar-refractivity contribution in [2.75, 3.05) is 13.1 Å². The van der Waals surface area contributed by atoms with Crippen LogP contribution in [0.4, 0.5) is 0 Å². The summed E-state index contributed by atoms with van der Waals surface area (Å²) >= 11 is 0. The van der Waals surface area contributed by atoms with Crippen molar-refractivity contribution in [1.29, 1.82) is 0 Å². The lowest BCUT2D eigenvalue weighted by Crippen LogP contribution is -2.14. The second kappa shape index (κ2) is 11.4. The second-order valence-electron chi connectivity index (χ2n) is 4.08. The van der Waals surface area contributed by atoms with Gasteiger partial charge in [0.2, 0.25) is 0 Å². The summed E-state index contributed by atoms with van der Waals surface area (Å²) in [5, 5.41) is 3.43. The van der Waals surface area contributed by atoms with E-state index in [0.717, 1.165) is 13.1 Å². The standard InChI is InChI=1S/C15H23N.H3N/c1-2-3-4-8-13-16-14-9-12-15-10-6-5-7-11-15;/h5-7,9-12,16H,2-4,8,13-14H2,1H3;1H3. The molecule has 1 rings (SSSR count). The Hall–Kier alpha value is -1.12. The summed E-state index contributed by atoms with van der Waals surface area (Å²) in [7, 11) is 0. The van der Waals surface area contributed by atoms with Crippen LogP contribution in [-0.4, -0.2) is 13.1 Å². The van der Waals surface area contributed by atoms with Crippen molar-refractivity contribution >= 4 is 6.08 Å². The number of rotatable bonds is 8. The summed E-state index contributed by atoms with van der Waals surface area (Å²) in [6.07, 6.45) is 9.68. The second-order valence-corrected chi connectivity index (χ2v) is 4.08. The Morgan fingerprint density at radius 2 is 1.82 bits per heavy atom. The van der Waals surface area contributed by atoms with Crippen LogP contribution in [-0.2, 0) is 0 Å². The molecule has 96 valence electrons. The largest absolute Gasteiger partial charge is 0.344 e. The average Bonchev–Trinajstić information content (AvgIpc) is 2.34. The van der Waals surface area contributed by atoms with Crippen LogP contribution in [0.15, 0.2) is 36.4 Å². The van der Waals surface area contributed by atoms with Gasteiger partial charge in [0.1, 0.15) is 0 Å². The molecule has 2 heteroatoms. The molecule has 0 aliphatic carbocycles. The predicted octanol–water partition coefficient (Wildman–Crippen LogP) is 4.03. The molecular weight excluding hydrogens is 208 g/mol. The first-order valence-electron chi connectivity index (χ1n) is 6.36. The summed E-state index contributed by atoms with van der Waals surface area (Å²) in [6.45, 7) is 4.36. The lowest BCUT2D eigenvalue weighted by atomic mass is 10.2. The molecule has 0 fully saturated rings. The molecule has 2 nitrogen and oxygen atoms in total. The van der Waals surface area contributed by atoms with E-state index in [4.69, 9.17) is 0 Å². The minimum absolute atomic E-state index is 0. The fourth-order valence-corrected chi connectivity index (χ4v) is 1.62. The summed E-state index contributed by atoms with van der Waals surface area (Å²) in [4.78, 5) is 0. The molecule has 0 unspecified atom stereocenters. The SMILES string of the molecule is CCCCCCNCC=Cc1ccccc1.N. The van der Waals surface area contributed by atoms with Crippen molar-refractivity contribution in [3.05, 3.63) is 42.0 Å². The summed E-state index contributed by atoms with van der Waals surface area (Å²) < 4.78 is 0. The van der Waals surface area contributed by atoms with Crippen molar-refractivity contribution in [1.82, 2.24) is 11.5 Å². The van der Waals surface area contributed by atoms with Gasteiger partial charge < -0.3 is 11.5 Å². The van der Waals surface area contributed by atoms with E-state index in [2.05, 4.69) is 48.7 Å². The maximum absolute atomic E-state index is 3.43. The third-order valence-electron chi connectivity index (χ3n) is 2.58. The van der Waals surface area contributed by atoms with Crippen molar-refractivity contribution in [2.45, 2.75) is 32.6 Å². The molecule has 1 aromatic carbocycles. The predicted molar refractivity (Wildman–Crippen MR) is 77.5 cm³/mol. The van der Waals surface area contributed by atoms with E-state index in [-0.39, 0.29) is 6.15 Å². The number of hydrogen-bond acceptors (Lipinski definition) is 2. The quantitative estimate of drug-likeness (QED) is 0.667. The Bertz CT molecular complexity index is 280. The molecule has 0 aromatic heterocycles. The molecule has 17 heavy (non-hydrogen) atoms. The van der Waals surface area contributed by atoms with Crippen LogP contribution in [0, 0.1) is 0 Å². The third kappa shape index (κ3) is 8.66. The zero-order chi connectivity index (χ0) is 11.5. The number of nitrogens with one attached hydrogen (secondary N) is 1. The van der Waals surface area contributed by atoms with Crippen LogP contribution in [0.5, 0.6) is 0 Å². The van der Waals surface area contributed by atoms with Crippen LogP contribution in [0.3, 0.4) is 0 Å². The monoisotopic (exact) mass is 234 g/mol. The van der Waals surface area contributed by atoms with Gasteiger partial charge in [-0.25, -0.2) is 0 Å². The van der Waals surface area contributed by atoms with E-state index >= 15 is 0 Å².